The van der Waals surface area contributed by atoms with E-state index in [2.05, 4.69) is 23.2 Å². The first-order valence-corrected chi connectivity index (χ1v) is 11.9. The van der Waals surface area contributed by atoms with Gasteiger partial charge in [0.15, 0.2) is 0 Å². The van der Waals surface area contributed by atoms with Crippen LogP contribution in [0.15, 0.2) is 66.9 Å². The van der Waals surface area contributed by atoms with Crippen LogP contribution in [0.25, 0.3) is 32.8 Å². The summed E-state index contributed by atoms with van der Waals surface area (Å²) in [6, 6.07) is 20.1. The van der Waals surface area contributed by atoms with Gasteiger partial charge >= 0.3 is 0 Å². The van der Waals surface area contributed by atoms with Crippen molar-refractivity contribution in [2.45, 2.75) is 18.1 Å². The number of carbonyl (C=O) groups excluding carboxylic acids is 1. The van der Waals surface area contributed by atoms with Crippen molar-refractivity contribution >= 4 is 37.6 Å². The highest BCUT2D eigenvalue weighted by atomic mass is 32.2. The van der Waals surface area contributed by atoms with Crippen LogP contribution in [-0.4, -0.2) is 42.5 Å². The lowest BCUT2D eigenvalue weighted by molar-refractivity contribution is 0.0727. The number of nitrogens with two attached hydrogens (primary N) is 1. The molecule has 0 bridgehead atoms. The van der Waals surface area contributed by atoms with Gasteiger partial charge in [0.05, 0.1) is 5.25 Å². The van der Waals surface area contributed by atoms with Gasteiger partial charge in [-0.3, -0.25) is 4.79 Å². The van der Waals surface area contributed by atoms with Gasteiger partial charge in [0.25, 0.3) is 5.91 Å². The molecule has 4 aromatic rings. The Labute approximate surface area is 180 Å². The van der Waals surface area contributed by atoms with Crippen molar-refractivity contribution in [3.05, 3.63) is 72.4 Å². The topological polar surface area (TPSA) is 96.3 Å². The Morgan fingerprint density at radius 1 is 0.968 bits per heavy atom. The zero-order valence-corrected chi connectivity index (χ0v) is 17.7. The molecule has 7 heteroatoms. The summed E-state index contributed by atoms with van der Waals surface area (Å²) in [7, 11) is -3.56. The molecule has 0 atom stereocenters. The number of nitrogens with one attached hydrogen (secondary N) is 1. The number of sulfonamides is 1. The van der Waals surface area contributed by atoms with Crippen LogP contribution in [0.5, 0.6) is 0 Å². The molecular weight excluding hydrogens is 410 g/mol. The number of benzene rings is 3. The number of likely N-dealkylation sites (tertiary alicyclic amines) is 1. The highest BCUT2D eigenvalue weighted by molar-refractivity contribution is 7.89. The van der Waals surface area contributed by atoms with Crippen molar-refractivity contribution in [2.24, 2.45) is 5.14 Å². The van der Waals surface area contributed by atoms with Crippen LogP contribution >= 0.6 is 0 Å². The summed E-state index contributed by atoms with van der Waals surface area (Å²) in [4.78, 5) is 18.3. The third-order valence-corrected chi connectivity index (χ3v) is 7.61. The molecule has 3 aromatic carbocycles. The maximum Gasteiger partial charge on any atom is 0.254 e. The van der Waals surface area contributed by atoms with Crippen molar-refractivity contribution in [2.75, 3.05) is 13.1 Å². The van der Waals surface area contributed by atoms with E-state index in [4.69, 9.17) is 5.14 Å². The molecule has 0 aliphatic carbocycles. The minimum Gasteiger partial charge on any atom is -0.361 e. The van der Waals surface area contributed by atoms with Gasteiger partial charge < -0.3 is 9.88 Å². The third-order valence-electron chi connectivity index (χ3n) is 6.21. The molecule has 5 rings (SSSR count). The van der Waals surface area contributed by atoms with Crippen molar-refractivity contribution in [1.29, 1.82) is 0 Å². The number of carbonyl (C=O) groups is 1. The molecule has 1 amide bonds. The van der Waals surface area contributed by atoms with Crippen LogP contribution < -0.4 is 5.14 Å². The number of H-pyrrole nitrogens is 1. The SMILES string of the molecule is NS(=O)(=O)C1CCN(C(=O)c2ccc(-c3ccc4cc[nH]c4c3)c3ccccc23)CC1. The van der Waals surface area contributed by atoms with E-state index in [1.165, 1.54) is 0 Å². The Bertz CT molecular complexity index is 1400. The predicted molar refractivity (Wildman–Crippen MR) is 123 cm³/mol. The summed E-state index contributed by atoms with van der Waals surface area (Å²) in [6.45, 7) is 0.777. The zero-order valence-electron chi connectivity index (χ0n) is 16.9. The normalized spacial score (nSPS) is 15.6. The molecule has 3 N–H and O–H groups in total. The summed E-state index contributed by atoms with van der Waals surface area (Å²) in [5.74, 6) is -0.0737. The molecule has 158 valence electrons. The average molecular weight is 434 g/mol. The van der Waals surface area contributed by atoms with Crippen LogP contribution in [0.4, 0.5) is 0 Å². The summed E-state index contributed by atoms with van der Waals surface area (Å²) >= 11 is 0. The second-order valence-electron chi connectivity index (χ2n) is 8.07. The number of hydrogen-bond donors (Lipinski definition) is 2. The molecule has 1 fully saturated rings. The monoisotopic (exact) mass is 433 g/mol. The molecule has 1 aliphatic heterocycles. The third kappa shape index (κ3) is 3.60. The highest BCUT2D eigenvalue weighted by Gasteiger charge is 2.30. The summed E-state index contributed by atoms with van der Waals surface area (Å²) in [6.07, 6.45) is 2.67. The number of piperidine rings is 1. The van der Waals surface area contributed by atoms with Crippen molar-refractivity contribution in [3.8, 4) is 11.1 Å². The molecule has 0 radical (unpaired) electrons. The summed E-state index contributed by atoms with van der Waals surface area (Å²) in [5, 5.41) is 7.77. The molecule has 31 heavy (non-hydrogen) atoms. The minimum atomic E-state index is -3.56. The van der Waals surface area contributed by atoms with Gasteiger partial charge in [-0.25, -0.2) is 13.6 Å². The molecule has 0 unspecified atom stereocenters. The number of hydrogen-bond acceptors (Lipinski definition) is 3. The first-order chi connectivity index (χ1) is 14.9. The number of fused-ring (bicyclic) bond motifs is 2. The van der Waals surface area contributed by atoms with E-state index in [0.29, 0.717) is 31.5 Å². The van der Waals surface area contributed by atoms with Crippen LogP contribution in [0, 0.1) is 0 Å². The summed E-state index contributed by atoms with van der Waals surface area (Å²) < 4.78 is 23.2. The highest BCUT2D eigenvalue weighted by Crippen LogP contribution is 2.33. The fraction of sp³-hybridized carbons (Fsp3) is 0.208. The number of nitrogens with zero attached hydrogens (tertiary/aromatic N) is 1. The molecule has 1 saturated heterocycles. The second kappa shape index (κ2) is 7.51. The molecule has 6 nitrogen and oxygen atoms in total. The Hall–Kier alpha value is -3.16. The Kier molecular flexibility index (Phi) is 4.79. The van der Waals surface area contributed by atoms with Gasteiger partial charge in [0, 0.05) is 30.4 Å². The lowest BCUT2D eigenvalue weighted by Crippen LogP contribution is -2.44. The first-order valence-electron chi connectivity index (χ1n) is 10.3. The lowest BCUT2D eigenvalue weighted by atomic mass is 9.94. The number of aromatic amines is 1. The molecular formula is C24H23N3O3S. The van der Waals surface area contributed by atoms with Gasteiger partial charge in [0.2, 0.25) is 10.0 Å². The maximum absolute atomic E-state index is 13.3. The van der Waals surface area contributed by atoms with Crippen molar-refractivity contribution in [1.82, 2.24) is 9.88 Å². The van der Waals surface area contributed by atoms with Gasteiger partial charge in [-0.05, 0) is 58.3 Å². The minimum absolute atomic E-state index is 0.0737. The van der Waals surface area contributed by atoms with Gasteiger partial charge in [0.1, 0.15) is 0 Å². The molecule has 0 spiro atoms. The largest absolute Gasteiger partial charge is 0.361 e. The fourth-order valence-corrected chi connectivity index (χ4v) is 5.38. The molecule has 0 saturated carbocycles. The fourth-order valence-electron chi connectivity index (χ4n) is 4.51. The zero-order chi connectivity index (χ0) is 21.6. The van der Waals surface area contributed by atoms with Gasteiger partial charge in [-0.2, -0.15) is 0 Å². The van der Waals surface area contributed by atoms with E-state index >= 15 is 0 Å². The van der Waals surface area contributed by atoms with Crippen molar-refractivity contribution in [3.63, 3.8) is 0 Å². The molecule has 1 aromatic heterocycles. The standard InChI is InChI=1S/C24H23N3O3S/c25-31(29,30)18-10-13-27(14-11-18)24(28)22-8-7-19(20-3-1-2-4-21(20)22)17-6-5-16-9-12-26-23(16)15-17/h1-9,12,15,18,26H,10-11,13-14H2,(H2,25,29,30). The number of aromatic nitrogens is 1. The Morgan fingerprint density at radius 2 is 1.71 bits per heavy atom. The maximum atomic E-state index is 13.3. The van der Waals surface area contributed by atoms with Crippen LogP contribution in [0.3, 0.4) is 0 Å². The smallest absolute Gasteiger partial charge is 0.254 e. The van der Waals surface area contributed by atoms with E-state index in [0.717, 1.165) is 32.8 Å². The number of primary sulfonamides is 1. The predicted octanol–water partition coefficient (Wildman–Crippen LogP) is 3.88. The first kappa shape index (κ1) is 19.8. The molecule has 2 heterocycles. The average Bonchev–Trinajstić information content (AvgIpc) is 3.25. The van der Waals surface area contributed by atoms with Crippen LogP contribution in [0.1, 0.15) is 23.2 Å². The summed E-state index contributed by atoms with van der Waals surface area (Å²) in [5.41, 5.74) is 3.85. The number of amides is 1. The van der Waals surface area contributed by atoms with E-state index in [1.807, 2.05) is 48.7 Å². The van der Waals surface area contributed by atoms with E-state index < -0.39 is 15.3 Å². The molecule has 1 aliphatic rings. The van der Waals surface area contributed by atoms with Crippen molar-refractivity contribution < 1.29 is 13.2 Å². The van der Waals surface area contributed by atoms with Crippen LogP contribution in [0.2, 0.25) is 0 Å². The van der Waals surface area contributed by atoms with E-state index in [1.54, 1.807) is 4.90 Å². The Morgan fingerprint density at radius 3 is 2.45 bits per heavy atom. The van der Waals surface area contributed by atoms with Crippen LogP contribution in [-0.2, 0) is 10.0 Å². The Balaban J connectivity index is 1.51. The van der Waals surface area contributed by atoms with E-state index in [-0.39, 0.29) is 5.91 Å². The van der Waals surface area contributed by atoms with Gasteiger partial charge in [-0.1, -0.05) is 42.5 Å². The van der Waals surface area contributed by atoms with E-state index in [9.17, 15) is 13.2 Å². The quantitative estimate of drug-likeness (QED) is 0.513. The second-order valence-corrected chi connectivity index (χ2v) is 9.91. The number of rotatable bonds is 3. The lowest BCUT2D eigenvalue weighted by Gasteiger charge is -2.31. The van der Waals surface area contributed by atoms with Gasteiger partial charge in [-0.15, -0.1) is 0 Å².